The predicted molar refractivity (Wildman–Crippen MR) is 37.4 cm³/mol. The molecule has 0 aliphatic carbocycles. The summed E-state index contributed by atoms with van der Waals surface area (Å²) in [5.41, 5.74) is 0. The van der Waals surface area contributed by atoms with Crippen LogP contribution in [0.2, 0.25) is 0 Å². The van der Waals surface area contributed by atoms with Crippen LogP contribution in [0.15, 0.2) is 30.9 Å². The molecular weight excluding hydrogens is 197 g/mol. The normalized spacial score (nSPS) is 8.44. The molecule has 0 nitrogen and oxygen atoms in total. The van der Waals surface area contributed by atoms with Gasteiger partial charge in [0.25, 0.3) is 0 Å². The van der Waals surface area contributed by atoms with E-state index < -0.39 is 0 Å². The molecule has 51 valence electrons. The van der Waals surface area contributed by atoms with E-state index in [1.54, 1.807) is 0 Å². The fraction of sp³-hybridized carbons (Fsp3) is 0.250. The Hall–Kier alpha value is -0.157. The van der Waals surface area contributed by atoms with Crippen LogP contribution in [-0.2, 0) is 19.5 Å². The van der Waals surface area contributed by atoms with Crippen LogP contribution in [0, 0.1) is 6.58 Å². The predicted octanol–water partition coefficient (Wildman–Crippen LogP) is 2.50. The van der Waals surface area contributed by atoms with Gasteiger partial charge < -0.3 is 0 Å². The molecule has 0 atom stereocenters. The maximum atomic E-state index is 5.07. The summed E-state index contributed by atoms with van der Waals surface area (Å²) in [7, 11) is 0. The van der Waals surface area contributed by atoms with Crippen LogP contribution in [0.5, 0.6) is 0 Å². The van der Waals surface area contributed by atoms with Crippen LogP contribution >= 0.6 is 0 Å². The van der Waals surface area contributed by atoms with Crippen molar-refractivity contribution < 1.29 is 19.5 Å². The second-order valence-corrected chi connectivity index (χ2v) is 1.49. The Labute approximate surface area is 70.1 Å². The van der Waals surface area contributed by atoms with Gasteiger partial charge in [-0.15, -0.1) is 6.58 Å². The molecular formula is C8H11Ru. The SMILES string of the molecule is [CH-]=CC=CCCC=C.[Ru+]. The van der Waals surface area contributed by atoms with Gasteiger partial charge in [-0.1, -0.05) is 6.08 Å². The molecule has 0 unspecified atom stereocenters. The summed E-state index contributed by atoms with van der Waals surface area (Å²) in [6, 6.07) is 0. The molecule has 1 heteroatoms. The van der Waals surface area contributed by atoms with E-state index >= 15 is 0 Å². The van der Waals surface area contributed by atoms with Crippen LogP contribution in [0.3, 0.4) is 0 Å². The van der Waals surface area contributed by atoms with Crippen molar-refractivity contribution in [1.82, 2.24) is 0 Å². The number of rotatable bonds is 4. The average molecular weight is 208 g/mol. The minimum atomic E-state index is 0. The van der Waals surface area contributed by atoms with Crippen LogP contribution in [0.1, 0.15) is 12.8 Å². The quantitative estimate of drug-likeness (QED) is 0.219. The first kappa shape index (κ1) is 11.6. The van der Waals surface area contributed by atoms with Gasteiger partial charge in [0.05, 0.1) is 0 Å². The first-order chi connectivity index (χ1) is 3.91. The zero-order valence-corrected chi connectivity index (χ0v) is 7.10. The van der Waals surface area contributed by atoms with E-state index in [1.807, 2.05) is 18.2 Å². The van der Waals surface area contributed by atoms with Crippen molar-refractivity contribution in [2.75, 3.05) is 0 Å². The summed E-state index contributed by atoms with van der Waals surface area (Å²) < 4.78 is 0. The van der Waals surface area contributed by atoms with Crippen LogP contribution < -0.4 is 0 Å². The monoisotopic (exact) mass is 209 g/mol. The van der Waals surface area contributed by atoms with Crippen molar-refractivity contribution in [1.29, 1.82) is 0 Å². The zero-order chi connectivity index (χ0) is 6.24. The molecule has 0 bridgehead atoms. The maximum absolute atomic E-state index is 5.07. The smallest absolute Gasteiger partial charge is 0.293 e. The fourth-order valence-electron chi connectivity index (χ4n) is 0.389. The molecule has 0 fully saturated rings. The first-order valence-corrected chi connectivity index (χ1v) is 2.72. The van der Waals surface area contributed by atoms with Gasteiger partial charge in [-0.05, 0) is 12.8 Å². The average Bonchev–Trinajstić information content (AvgIpc) is 1.81. The van der Waals surface area contributed by atoms with Crippen molar-refractivity contribution in [2.45, 2.75) is 12.8 Å². The second kappa shape index (κ2) is 10.8. The molecule has 0 aliphatic heterocycles. The van der Waals surface area contributed by atoms with E-state index in [2.05, 4.69) is 6.58 Å². The number of hydrogen-bond acceptors (Lipinski definition) is 0. The largest absolute Gasteiger partial charge is 1.00 e. The molecule has 0 heterocycles. The van der Waals surface area contributed by atoms with Gasteiger partial charge >= 0.3 is 19.5 Å². The molecule has 9 heavy (non-hydrogen) atoms. The van der Waals surface area contributed by atoms with E-state index in [1.165, 1.54) is 6.08 Å². The van der Waals surface area contributed by atoms with Crippen LogP contribution in [0.4, 0.5) is 0 Å². The minimum absolute atomic E-state index is 0. The molecule has 0 N–H and O–H groups in total. The molecule has 0 saturated carbocycles. The summed E-state index contributed by atoms with van der Waals surface area (Å²) in [5.74, 6) is 0. The van der Waals surface area contributed by atoms with Crippen LogP contribution in [0.25, 0.3) is 0 Å². The first-order valence-electron chi connectivity index (χ1n) is 2.72. The molecule has 0 spiro atoms. The minimum Gasteiger partial charge on any atom is -0.293 e. The van der Waals surface area contributed by atoms with E-state index in [4.69, 9.17) is 6.58 Å². The second-order valence-electron chi connectivity index (χ2n) is 1.49. The van der Waals surface area contributed by atoms with Gasteiger partial charge in [-0.25, -0.2) is 12.2 Å². The standard InChI is InChI=1S/C8H11.Ru/c1-3-5-7-8-6-4-2;/h1,3-5,7H,2,6,8H2;/q-1;+1. The summed E-state index contributed by atoms with van der Waals surface area (Å²) in [6.07, 6.45) is 9.34. The number of allylic oxidation sites excluding steroid dienone is 4. The van der Waals surface area contributed by atoms with E-state index in [-0.39, 0.29) is 19.5 Å². The maximum Gasteiger partial charge on any atom is 1.00 e. The van der Waals surface area contributed by atoms with E-state index in [0.29, 0.717) is 0 Å². The van der Waals surface area contributed by atoms with Crippen molar-refractivity contribution in [3.63, 3.8) is 0 Å². The molecule has 0 amide bonds. The molecule has 0 saturated heterocycles. The number of hydrogen-bond donors (Lipinski definition) is 0. The van der Waals surface area contributed by atoms with Gasteiger partial charge in [0.1, 0.15) is 0 Å². The Bertz CT molecular complexity index is 92.7. The summed E-state index contributed by atoms with van der Waals surface area (Å²) in [5, 5.41) is 0. The summed E-state index contributed by atoms with van der Waals surface area (Å²) in [6.45, 7) is 8.66. The molecule has 1 radical (unpaired) electrons. The third-order valence-electron chi connectivity index (χ3n) is 0.785. The van der Waals surface area contributed by atoms with Gasteiger partial charge in [0, 0.05) is 0 Å². The molecule has 0 aromatic rings. The molecule has 0 rings (SSSR count). The van der Waals surface area contributed by atoms with Gasteiger partial charge in [0.2, 0.25) is 0 Å². The molecule has 0 aliphatic rings. The summed E-state index contributed by atoms with van der Waals surface area (Å²) >= 11 is 0. The van der Waals surface area contributed by atoms with E-state index in [0.717, 1.165) is 12.8 Å². The number of unbranched alkanes of at least 4 members (excludes halogenated alkanes) is 1. The van der Waals surface area contributed by atoms with Crippen molar-refractivity contribution in [3.8, 4) is 0 Å². The third-order valence-corrected chi connectivity index (χ3v) is 0.785. The van der Waals surface area contributed by atoms with E-state index in [9.17, 15) is 0 Å². The fourth-order valence-corrected chi connectivity index (χ4v) is 0.389. The Morgan fingerprint density at radius 2 is 2.00 bits per heavy atom. The Morgan fingerprint density at radius 1 is 1.33 bits per heavy atom. The Morgan fingerprint density at radius 3 is 2.44 bits per heavy atom. The topological polar surface area (TPSA) is 0 Å². The third kappa shape index (κ3) is 11.4. The summed E-state index contributed by atoms with van der Waals surface area (Å²) in [4.78, 5) is 0. The van der Waals surface area contributed by atoms with Crippen molar-refractivity contribution >= 4 is 0 Å². The van der Waals surface area contributed by atoms with Gasteiger partial charge in [0.15, 0.2) is 0 Å². The Balaban J connectivity index is 0. The Kier molecular flexibility index (Phi) is 13.9. The van der Waals surface area contributed by atoms with Gasteiger partial charge in [-0.3, -0.25) is 6.58 Å². The molecule has 0 aromatic heterocycles. The molecule has 0 aromatic carbocycles. The van der Waals surface area contributed by atoms with Crippen molar-refractivity contribution in [2.24, 2.45) is 0 Å². The zero-order valence-electron chi connectivity index (χ0n) is 5.36. The van der Waals surface area contributed by atoms with Crippen LogP contribution in [-0.4, -0.2) is 0 Å². The van der Waals surface area contributed by atoms with Crippen molar-refractivity contribution in [3.05, 3.63) is 37.5 Å². The van der Waals surface area contributed by atoms with Gasteiger partial charge in [-0.2, -0.15) is 6.08 Å².